The van der Waals surface area contributed by atoms with Crippen LogP contribution in [0, 0.1) is 15.9 Å². The minimum atomic E-state index is -0.931. The molecule has 0 aliphatic heterocycles. The van der Waals surface area contributed by atoms with Crippen molar-refractivity contribution in [3.8, 4) is 5.75 Å². The highest BCUT2D eigenvalue weighted by Crippen LogP contribution is 2.31. The van der Waals surface area contributed by atoms with Gasteiger partial charge in [0.2, 0.25) is 0 Å². The lowest BCUT2D eigenvalue weighted by atomic mass is 10.2. The number of hydrogen-bond acceptors (Lipinski definition) is 5. The third kappa shape index (κ3) is 1.72. The monoisotopic (exact) mass is 202 g/mol. The van der Waals surface area contributed by atoms with Crippen molar-refractivity contribution in [1.29, 1.82) is 0 Å². The summed E-state index contributed by atoms with van der Waals surface area (Å²) in [5.41, 5.74) is 0.777. The van der Waals surface area contributed by atoms with Gasteiger partial charge in [-0.1, -0.05) is 0 Å². The maximum atomic E-state index is 12.9. The van der Waals surface area contributed by atoms with Crippen molar-refractivity contribution in [1.82, 2.24) is 0 Å². The van der Waals surface area contributed by atoms with Gasteiger partial charge in [-0.2, -0.15) is 0 Å². The van der Waals surface area contributed by atoms with Crippen molar-refractivity contribution in [2.24, 2.45) is 0 Å². The number of ether oxygens (including phenoxy) is 1. The molecule has 0 bridgehead atoms. The third-order valence-corrected chi connectivity index (χ3v) is 1.59. The second-order valence-electron chi connectivity index (χ2n) is 2.37. The van der Waals surface area contributed by atoms with Gasteiger partial charge in [-0.25, -0.2) is 4.39 Å². The Hall–Kier alpha value is -1.89. The molecule has 0 amide bonds. The molecule has 0 radical (unpaired) electrons. The summed E-state index contributed by atoms with van der Waals surface area (Å²) in [5, 5.41) is 18.9. The molecular weight excluding hydrogens is 195 g/mol. The van der Waals surface area contributed by atoms with E-state index >= 15 is 0 Å². The van der Waals surface area contributed by atoms with Gasteiger partial charge in [0.25, 0.3) is 0 Å². The number of nitrogens with one attached hydrogen (secondary N) is 1. The van der Waals surface area contributed by atoms with Gasteiger partial charge in [0.1, 0.15) is 5.69 Å². The first-order valence-corrected chi connectivity index (χ1v) is 3.52. The van der Waals surface area contributed by atoms with E-state index in [2.05, 4.69) is 4.74 Å². The third-order valence-electron chi connectivity index (χ3n) is 1.59. The van der Waals surface area contributed by atoms with Crippen LogP contribution in [0.15, 0.2) is 12.1 Å². The lowest BCUT2D eigenvalue weighted by molar-refractivity contribution is -0.385. The molecule has 1 rings (SSSR count). The van der Waals surface area contributed by atoms with Crippen LogP contribution in [-0.2, 0) is 0 Å². The molecule has 6 nitrogen and oxygen atoms in total. The largest absolute Gasteiger partial charge is 0.490 e. The lowest BCUT2D eigenvalue weighted by Crippen LogP contribution is -1.99. The zero-order chi connectivity index (χ0) is 10.7. The first-order chi connectivity index (χ1) is 6.60. The van der Waals surface area contributed by atoms with Gasteiger partial charge in [0, 0.05) is 6.07 Å². The molecule has 0 aliphatic carbocycles. The molecule has 0 heterocycles. The summed E-state index contributed by atoms with van der Waals surface area (Å²) >= 11 is 0. The number of nitro benzene ring substituents is 1. The van der Waals surface area contributed by atoms with Crippen LogP contribution in [0.2, 0.25) is 0 Å². The summed E-state index contributed by atoms with van der Waals surface area (Å²) in [6.45, 7) is 0. The molecule has 76 valence electrons. The number of nitrogens with zero attached hydrogens (tertiary/aromatic N) is 1. The highest BCUT2D eigenvalue weighted by Gasteiger charge is 2.18. The summed E-state index contributed by atoms with van der Waals surface area (Å²) < 4.78 is 17.6. The lowest BCUT2D eigenvalue weighted by Gasteiger charge is -2.05. The number of anilines is 1. The molecule has 0 atom stereocenters. The Bertz CT molecular complexity index is 369. The molecule has 0 saturated heterocycles. The molecule has 0 fully saturated rings. The Labute approximate surface area is 78.0 Å². The van der Waals surface area contributed by atoms with Crippen LogP contribution in [0.4, 0.5) is 15.8 Å². The number of halogens is 1. The van der Waals surface area contributed by atoms with E-state index in [1.807, 2.05) is 0 Å². The standard InChI is InChI=1S/C7H7FN2O4/c1-14-7-3-5(9-11)4(8)2-6(7)10(12)13/h2-3,9,11H,1H3. The summed E-state index contributed by atoms with van der Waals surface area (Å²) in [5.74, 6) is -1.06. The van der Waals surface area contributed by atoms with Crippen LogP contribution in [0.25, 0.3) is 0 Å². The predicted molar refractivity (Wildman–Crippen MR) is 45.0 cm³/mol. The number of rotatable bonds is 3. The fourth-order valence-corrected chi connectivity index (χ4v) is 0.935. The van der Waals surface area contributed by atoms with Gasteiger partial charge in [-0.15, -0.1) is 0 Å². The Morgan fingerprint density at radius 3 is 2.71 bits per heavy atom. The van der Waals surface area contributed by atoms with E-state index in [-0.39, 0.29) is 11.4 Å². The van der Waals surface area contributed by atoms with E-state index in [9.17, 15) is 14.5 Å². The van der Waals surface area contributed by atoms with Crippen LogP contribution in [0.5, 0.6) is 5.75 Å². The molecule has 1 aromatic carbocycles. The van der Waals surface area contributed by atoms with Crippen molar-refractivity contribution < 1.29 is 19.3 Å². The van der Waals surface area contributed by atoms with Gasteiger partial charge in [-0.3, -0.25) is 20.8 Å². The number of methoxy groups -OCH3 is 1. The maximum Gasteiger partial charge on any atom is 0.313 e. The molecular formula is C7H7FN2O4. The van der Waals surface area contributed by atoms with Crippen molar-refractivity contribution in [2.45, 2.75) is 0 Å². The Morgan fingerprint density at radius 2 is 2.29 bits per heavy atom. The maximum absolute atomic E-state index is 12.9. The second-order valence-corrected chi connectivity index (χ2v) is 2.37. The SMILES string of the molecule is COc1cc(NO)c(F)cc1[N+](=O)[O-]. The number of benzene rings is 1. The van der Waals surface area contributed by atoms with Crippen LogP contribution < -0.4 is 10.2 Å². The van der Waals surface area contributed by atoms with Crippen molar-refractivity contribution in [2.75, 3.05) is 12.6 Å². The molecule has 0 aliphatic rings. The van der Waals surface area contributed by atoms with E-state index in [4.69, 9.17) is 5.21 Å². The molecule has 14 heavy (non-hydrogen) atoms. The Morgan fingerprint density at radius 1 is 1.64 bits per heavy atom. The van der Waals surface area contributed by atoms with Crippen LogP contribution in [0.1, 0.15) is 0 Å². The molecule has 0 unspecified atom stereocenters. The molecule has 2 N–H and O–H groups in total. The van der Waals surface area contributed by atoms with Crippen molar-refractivity contribution in [3.05, 3.63) is 28.1 Å². The number of hydrogen-bond donors (Lipinski definition) is 2. The average molecular weight is 202 g/mol. The molecule has 0 saturated carbocycles. The average Bonchev–Trinajstić information content (AvgIpc) is 2.17. The van der Waals surface area contributed by atoms with Gasteiger partial charge in [0.05, 0.1) is 18.1 Å². The second kappa shape index (κ2) is 3.88. The fourth-order valence-electron chi connectivity index (χ4n) is 0.935. The summed E-state index contributed by atoms with van der Waals surface area (Å²) in [6, 6.07) is 1.66. The summed E-state index contributed by atoms with van der Waals surface area (Å²) in [7, 11) is 1.21. The van der Waals surface area contributed by atoms with Crippen LogP contribution >= 0.6 is 0 Å². The molecule has 0 aromatic heterocycles. The first kappa shape index (κ1) is 10.2. The first-order valence-electron chi connectivity index (χ1n) is 3.52. The minimum absolute atomic E-state index is 0.132. The Balaban J connectivity index is 3.31. The smallest absolute Gasteiger partial charge is 0.313 e. The van der Waals surface area contributed by atoms with Gasteiger partial charge < -0.3 is 4.74 Å². The fraction of sp³-hybridized carbons (Fsp3) is 0.143. The van der Waals surface area contributed by atoms with Crippen LogP contribution in [0.3, 0.4) is 0 Å². The molecule has 7 heteroatoms. The molecule has 0 spiro atoms. The quantitative estimate of drug-likeness (QED) is 0.573. The van der Waals surface area contributed by atoms with Crippen molar-refractivity contribution >= 4 is 11.4 Å². The van der Waals surface area contributed by atoms with Crippen molar-refractivity contribution in [3.63, 3.8) is 0 Å². The summed E-state index contributed by atoms with van der Waals surface area (Å²) in [6.07, 6.45) is 0. The minimum Gasteiger partial charge on any atom is -0.490 e. The topological polar surface area (TPSA) is 84.6 Å². The highest BCUT2D eigenvalue weighted by molar-refractivity contribution is 5.58. The number of nitro groups is 1. The molecule has 1 aromatic rings. The van der Waals surface area contributed by atoms with E-state index in [1.54, 1.807) is 5.48 Å². The van der Waals surface area contributed by atoms with Gasteiger partial charge in [-0.05, 0) is 0 Å². The zero-order valence-corrected chi connectivity index (χ0v) is 7.15. The Kier molecular flexibility index (Phi) is 2.82. The van der Waals surface area contributed by atoms with E-state index < -0.39 is 16.4 Å². The highest BCUT2D eigenvalue weighted by atomic mass is 19.1. The van der Waals surface area contributed by atoms with E-state index in [0.717, 1.165) is 6.07 Å². The zero-order valence-electron chi connectivity index (χ0n) is 7.15. The van der Waals surface area contributed by atoms with Gasteiger partial charge in [0.15, 0.2) is 11.6 Å². The van der Waals surface area contributed by atoms with E-state index in [1.165, 1.54) is 7.11 Å². The van der Waals surface area contributed by atoms with Crippen LogP contribution in [-0.4, -0.2) is 17.2 Å². The normalized spacial score (nSPS) is 9.64. The predicted octanol–water partition coefficient (Wildman–Crippen LogP) is 1.54. The van der Waals surface area contributed by atoms with Gasteiger partial charge >= 0.3 is 5.69 Å². The summed E-state index contributed by atoms with van der Waals surface area (Å²) in [4.78, 5) is 9.63. The van der Waals surface area contributed by atoms with E-state index in [0.29, 0.717) is 6.07 Å².